The van der Waals surface area contributed by atoms with Crippen molar-refractivity contribution in [2.45, 2.75) is 39.0 Å². The van der Waals surface area contributed by atoms with Crippen molar-refractivity contribution in [3.8, 4) is 0 Å². The Bertz CT molecular complexity index is 211. The van der Waals surface area contributed by atoms with Crippen molar-refractivity contribution in [1.29, 1.82) is 0 Å². The van der Waals surface area contributed by atoms with E-state index in [0.717, 1.165) is 37.7 Å². The summed E-state index contributed by atoms with van der Waals surface area (Å²) in [5.41, 5.74) is 1.05. The molecule has 0 radical (unpaired) electrons. The van der Waals surface area contributed by atoms with Crippen molar-refractivity contribution in [3.63, 3.8) is 0 Å². The van der Waals surface area contributed by atoms with Gasteiger partial charge in [0.2, 0.25) is 0 Å². The molecule has 0 aliphatic heterocycles. The molecule has 1 aliphatic rings. The van der Waals surface area contributed by atoms with Crippen molar-refractivity contribution in [1.82, 2.24) is 0 Å². The van der Waals surface area contributed by atoms with Gasteiger partial charge in [-0.1, -0.05) is 25.2 Å². The molecule has 0 saturated carbocycles. The number of carbonyl (C=O) groups excluding carboxylic acids is 1. The van der Waals surface area contributed by atoms with E-state index in [1.54, 1.807) is 0 Å². The fourth-order valence-electron chi connectivity index (χ4n) is 1.42. The molecule has 0 N–H and O–H groups in total. The first kappa shape index (κ1) is 9.24. The fraction of sp³-hybridized carbons (Fsp3) is 0.545. The number of hydrogen-bond acceptors (Lipinski definition) is 1. The Morgan fingerprint density at radius 2 is 2.33 bits per heavy atom. The van der Waals surface area contributed by atoms with E-state index in [-0.39, 0.29) is 0 Å². The van der Waals surface area contributed by atoms with Crippen LogP contribution in [0.4, 0.5) is 0 Å². The summed E-state index contributed by atoms with van der Waals surface area (Å²) in [5, 5.41) is 0. The van der Waals surface area contributed by atoms with Crippen LogP contribution in [0.2, 0.25) is 0 Å². The van der Waals surface area contributed by atoms with Gasteiger partial charge in [0.25, 0.3) is 0 Å². The molecule has 66 valence electrons. The maximum atomic E-state index is 11.1. The normalized spacial score (nSPS) is 17.4. The Morgan fingerprint density at radius 1 is 1.50 bits per heavy atom. The first-order chi connectivity index (χ1) is 5.84. The molecule has 1 heteroatoms. The van der Waals surface area contributed by atoms with E-state index in [0.29, 0.717) is 5.78 Å². The highest BCUT2D eigenvalue weighted by Gasteiger charge is 2.12. The summed E-state index contributed by atoms with van der Waals surface area (Å²) in [6, 6.07) is 0. The summed E-state index contributed by atoms with van der Waals surface area (Å²) < 4.78 is 0. The molecule has 0 bridgehead atoms. The molecule has 1 nitrogen and oxygen atoms in total. The van der Waals surface area contributed by atoms with Crippen molar-refractivity contribution in [2.24, 2.45) is 0 Å². The van der Waals surface area contributed by atoms with Crippen LogP contribution in [0.5, 0.6) is 0 Å². The van der Waals surface area contributed by atoms with Crippen molar-refractivity contribution >= 4 is 5.78 Å². The SMILES string of the molecule is CC/C=C/CCC1=CCCC1=O. The van der Waals surface area contributed by atoms with Gasteiger partial charge >= 0.3 is 0 Å². The van der Waals surface area contributed by atoms with Crippen LogP contribution in [-0.2, 0) is 4.79 Å². The lowest BCUT2D eigenvalue weighted by Gasteiger charge is -1.95. The van der Waals surface area contributed by atoms with Gasteiger partial charge in [-0.25, -0.2) is 0 Å². The van der Waals surface area contributed by atoms with Crippen molar-refractivity contribution in [2.75, 3.05) is 0 Å². The average Bonchev–Trinajstić information content (AvgIpc) is 2.46. The molecule has 1 rings (SSSR count). The number of Topliss-reactive ketones (excluding diaryl/α,β-unsaturated/α-hetero) is 1. The van der Waals surface area contributed by atoms with Crippen LogP contribution in [0.25, 0.3) is 0 Å². The van der Waals surface area contributed by atoms with Gasteiger partial charge in [0, 0.05) is 6.42 Å². The number of ketones is 1. The van der Waals surface area contributed by atoms with Crippen LogP contribution in [0, 0.1) is 0 Å². The number of rotatable bonds is 4. The summed E-state index contributed by atoms with van der Waals surface area (Å²) in [6.45, 7) is 2.12. The van der Waals surface area contributed by atoms with Crippen molar-refractivity contribution < 1.29 is 4.79 Å². The van der Waals surface area contributed by atoms with Gasteiger partial charge in [0.05, 0.1) is 0 Å². The van der Waals surface area contributed by atoms with E-state index in [2.05, 4.69) is 25.2 Å². The van der Waals surface area contributed by atoms with Gasteiger partial charge in [0.1, 0.15) is 0 Å². The highest BCUT2D eigenvalue weighted by atomic mass is 16.1. The maximum absolute atomic E-state index is 11.1. The van der Waals surface area contributed by atoms with Crippen LogP contribution >= 0.6 is 0 Å². The Labute approximate surface area is 74.2 Å². The minimum absolute atomic E-state index is 0.361. The summed E-state index contributed by atoms with van der Waals surface area (Å²) in [7, 11) is 0. The molecular formula is C11H16O. The second kappa shape index (κ2) is 4.91. The molecule has 0 aromatic carbocycles. The molecule has 0 unspecified atom stereocenters. The maximum Gasteiger partial charge on any atom is 0.158 e. The van der Waals surface area contributed by atoms with E-state index in [1.807, 2.05) is 0 Å². The molecule has 0 saturated heterocycles. The molecule has 0 amide bonds. The van der Waals surface area contributed by atoms with Gasteiger partial charge < -0.3 is 0 Å². The zero-order valence-electron chi connectivity index (χ0n) is 7.68. The highest BCUT2D eigenvalue weighted by Crippen LogP contribution is 2.18. The van der Waals surface area contributed by atoms with Crippen LogP contribution in [0.15, 0.2) is 23.8 Å². The molecule has 0 atom stereocenters. The third-order valence-electron chi connectivity index (χ3n) is 2.10. The predicted octanol–water partition coefficient (Wildman–Crippen LogP) is 3.02. The summed E-state index contributed by atoms with van der Waals surface area (Å²) in [6.07, 6.45) is 11.2. The topological polar surface area (TPSA) is 17.1 Å². The summed E-state index contributed by atoms with van der Waals surface area (Å²) in [5.74, 6) is 0.361. The number of hydrogen-bond donors (Lipinski definition) is 0. The lowest BCUT2D eigenvalue weighted by Crippen LogP contribution is -1.94. The molecule has 0 aromatic heterocycles. The summed E-state index contributed by atoms with van der Waals surface area (Å²) in [4.78, 5) is 11.1. The van der Waals surface area contributed by atoms with E-state index < -0.39 is 0 Å². The van der Waals surface area contributed by atoms with Crippen LogP contribution in [-0.4, -0.2) is 5.78 Å². The standard InChI is InChI=1S/C11H16O/c1-2-3-4-5-7-10-8-6-9-11(10)12/h3-4,8H,2,5-7,9H2,1H3/b4-3+. The fourth-order valence-corrected chi connectivity index (χ4v) is 1.42. The molecule has 0 spiro atoms. The third-order valence-corrected chi connectivity index (χ3v) is 2.10. The van der Waals surface area contributed by atoms with Gasteiger partial charge in [-0.2, -0.15) is 0 Å². The van der Waals surface area contributed by atoms with Crippen molar-refractivity contribution in [3.05, 3.63) is 23.8 Å². The Kier molecular flexibility index (Phi) is 3.78. The van der Waals surface area contributed by atoms with Crippen LogP contribution in [0.1, 0.15) is 39.0 Å². The van der Waals surface area contributed by atoms with E-state index in [9.17, 15) is 4.79 Å². The van der Waals surface area contributed by atoms with Gasteiger partial charge in [0.15, 0.2) is 5.78 Å². The predicted molar refractivity (Wildman–Crippen MR) is 51.0 cm³/mol. The van der Waals surface area contributed by atoms with E-state index >= 15 is 0 Å². The monoisotopic (exact) mass is 164 g/mol. The number of allylic oxidation sites excluding steroid dienone is 4. The highest BCUT2D eigenvalue weighted by molar-refractivity contribution is 5.97. The van der Waals surface area contributed by atoms with Gasteiger partial charge in [-0.05, 0) is 31.3 Å². The molecule has 0 aromatic rings. The minimum Gasteiger partial charge on any atom is -0.295 e. The van der Waals surface area contributed by atoms with Crippen LogP contribution in [0.3, 0.4) is 0 Å². The van der Waals surface area contributed by atoms with Crippen LogP contribution < -0.4 is 0 Å². The lowest BCUT2D eigenvalue weighted by molar-refractivity contribution is -0.115. The first-order valence-electron chi connectivity index (χ1n) is 4.72. The molecule has 0 fully saturated rings. The average molecular weight is 164 g/mol. The quantitative estimate of drug-likeness (QED) is 0.584. The largest absolute Gasteiger partial charge is 0.295 e. The third kappa shape index (κ3) is 2.65. The van der Waals surface area contributed by atoms with E-state index in [1.165, 1.54) is 0 Å². The molecule has 0 heterocycles. The number of carbonyl (C=O) groups is 1. The minimum atomic E-state index is 0.361. The van der Waals surface area contributed by atoms with Gasteiger partial charge in [-0.3, -0.25) is 4.79 Å². The van der Waals surface area contributed by atoms with E-state index in [4.69, 9.17) is 0 Å². The second-order valence-electron chi connectivity index (χ2n) is 3.11. The molecular weight excluding hydrogens is 148 g/mol. The molecule has 12 heavy (non-hydrogen) atoms. The Morgan fingerprint density at radius 3 is 2.92 bits per heavy atom. The zero-order valence-corrected chi connectivity index (χ0v) is 7.68. The first-order valence-corrected chi connectivity index (χ1v) is 4.72. The lowest BCUT2D eigenvalue weighted by atomic mass is 10.1. The summed E-state index contributed by atoms with van der Waals surface area (Å²) >= 11 is 0. The zero-order chi connectivity index (χ0) is 8.81. The molecule has 1 aliphatic carbocycles. The Balaban J connectivity index is 2.23. The van der Waals surface area contributed by atoms with Gasteiger partial charge in [-0.15, -0.1) is 0 Å². The Hall–Kier alpha value is -0.850. The smallest absolute Gasteiger partial charge is 0.158 e. The second-order valence-corrected chi connectivity index (χ2v) is 3.11.